The van der Waals surface area contributed by atoms with E-state index in [1.54, 1.807) is 42.5 Å². The van der Waals surface area contributed by atoms with Gasteiger partial charge in [-0.25, -0.2) is 4.79 Å². The number of aromatic hydroxyl groups is 3. The van der Waals surface area contributed by atoms with Crippen LogP contribution < -0.4 is 5.63 Å². The minimum atomic E-state index is -0.670. The summed E-state index contributed by atoms with van der Waals surface area (Å²) in [6.45, 7) is 6.13. The van der Waals surface area contributed by atoms with E-state index >= 15 is 0 Å². The topological polar surface area (TPSA) is 90.9 Å². The average molecular weight is 433 g/mol. The van der Waals surface area contributed by atoms with E-state index in [0.717, 1.165) is 24.0 Å². The summed E-state index contributed by atoms with van der Waals surface area (Å²) in [5.41, 5.74) is 2.86. The first-order chi connectivity index (χ1) is 15.2. The molecule has 0 saturated carbocycles. The Hall–Kier alpha value is -3.73. The van der Waals surface area contributed by atoms with Crippen molar-refractivity contribution in [2.24, 2.45) is 0 Å². The molecular formula is C27H28O5. The zero-order valence-electron chi connectivity index (χ0n) is 18.6. The van der Waals surface area contributed by atoms with Crippen LogP contribution in [0.4, 0.5) is 0 Å². The maximum atomic E-state index is 12.6. The van der Waals surface area contributed by atoms with Crippen molar-refractivity contribution >= 4 is 22.9 Å². The zero-order valence-corrected chi connectivity index (χ0v) is 18.6. The van der Waals surface area contributed by atoms with E-state index in [2.05, 4.69) is 19.9 Å². The standard InChI is InChI=1S/C27H28O5/c1-17(2)5-4-6-18(3)7-14-23-24(29)16-20-15-22(32-27(31)25(20)26(23)30)13-10-19-8-11-21(28)12-9-19/h5,7-13,15-16,28-30H,4,6,14H2,1-3H3/b13-10+,18-7+. The molecule has 5 nitrogen and oxygen atoms in total. The van der Waals surface area contributed by atoms with Gasteiger partial charge < -0.3 is 19.7 Å². The number of rotatable bonds is 7. The number of phenols is 3. The molecule has 0 saturated heterocycles. The van der Waals surface area contributed by atoms with Crippen LogP contribution in [0.25, 0.3) is 22.9 Å². The summed E-state index contributed by atoms with van der Waals surface area (Å²) in [6.07, 6.45) is 9.62. The van der Waals surface area contributed by atoms with Crippen LogP contribution in [0.5, 0.6) is 17.2 Å². The molecule has 3 N–H and O–H groups in total. The van der Waals surface area contributed by atoms with Gasteiger partial charge in [0.15, 0.2) is 0 Å². The van der Waals surface area contributed by atoms with Gasteiger partial charge in [0.05, 0.1) is 0 Å². The second kappa shape index (κ2) is 10.1. The normalized spacial score (nSPS) is 11.9. The molecule has 3 aromatic rings. The van der Waals surface area contributed by atoms with Crippen molar-refractivity contribution in [2.45, 2.75) is 40.0 Å². The molecule has 0 aliphatic rings. The van der Waals surface area contributed by atoms with Gasteiger partial charge in [-0.2, -0.15) is 0 Å². The van der Waals surface area contributed by atoms with E-state index in [9.17, 15) is 20.1 Å². The van der Waals surface area contributed by atoms with E-state index < -0.39 is 5.63 Å². The van der Waals surface area contributed by atoms with Gasteiger partial charge >= 0.3 is 5.63 Å². The molecule has 0 atom stereocenters. The lowest BCUT2D eigenvalue weighted by atomic mass is 10.0. The average Bonchev–Trinajstić information content (AvgIpc) is 2.72. The Bertz CT molecular complexity index is 1250. The van der Waals surface area contributed by atoms with Gasteiger partial charge in [-0.1, -0.05) is 41.5 Å². The molecule has 5 heteroatoms. The van der Waals surface area contributed by atoms with Gasteiger partial charge in [0.2, 0.25) is 0 Å². The third-order valence-corrected chi connectivity index (χ3v) is 5.20. The molecule has 0 aliphatic carbocycles. The Morgan fingerprint density at radius 1 is 0.969 bits per heavy atom. The van der Waals surface area contributed by atoms with Crippen LogP contribution in [0.15, 0.2) is 68.9 Å². The van der Waals surface area contributed by atoms with E-state index in [1.165, 1.54) is 11.6 Å². The van der Waals surface area contributed by atoms with Crippen LogP contribution in [0.2, 0.25) is 0 Å². The van der Waals surface area contributed by atoms with Crippen molar-refractivity contribution in [3.63, 3.8) is 0 Å². The lowest BCUT2D eigenvalue weighted by molar-refractivity contribution is 0.442. The molecule has 0 amide bonds. The molecule has 0 aliphatic heterocycles. The van der Waals surface area contributed by atoms with E-state index in [4.69, 9.17) is 4.42 Å². The number of benzene rings is 2. The van der Waals surface area contributed by atoms with Gasteiger partial charge in [-0.05, 0) is 75.9 Å². The highest BCUT2D eigenvalue weighted by Crippen LogP contribution is 2.35. The largest absolute Gasteiger partial charge is 0.508 e. The first-order valence-electron chi connectivity index (χ1n) is 10.5. The van der Waals surface area contributed by atoms with Crippen LogP contribution in [-0.4, -0.2) is 15.3 Å². The predicted molar refractivity (Wildman–Crippen MR) is 129 cm³/mol. The highest BCUT2D eigenvalue weighted by Gasteiger charge is 2.16. The van der Waals surface area contributed by atoms with Crippen LogP contribution in [0.1, 0.15) is 50.5 Å². The zero-order chi connectivity index (χ0) is 23.3. The van der Waals surface area contributed by atoms with E-state index in [0.29, 0.717) is 17.4 Å². The fraction of sp³-hybridized carbons (Fsp3) is 0.222. The molecule has 0 bridgehead atoms. The van der Waals surface area contributed by atoms with Gasteiger partial charge in [-0.3, -0.25) is 0 Å². The second-order valence-corrected chi connectivity index (χ2v) is 8.12. The van der Waals surface area contributed by atoms with Crippen molar-refractivity contribution in [1.29, 1.82) is 0 Å². The summed E-state index contributed by atoms with van der Waals surface area (Å²) in [4.78, 5) is 12.6. The Morgan fingerprint density at radius 2 is 1.69 bits per heavy atom. The number of phenolic OH excluding ortho intramolecular Hbond substituents is 3. The molecule has 0 unspecified atom stereocenters. The SMILES string of the molecule is CC(C)=CCC/C(C)=C/Cc1c(O)cc2cc(/C=C/c3ccc(O)cc3)oc(=O)c2c1O. The Labute approximate surface area is 187 Å². The minimum absolute atomic E-state index is 0.0511. The number of hydrogen-bond acceptors (Lipinski definition) is 5. The summed E-state index contributed by atoms with van der Waals surface area (Å²) >= 11 is 0. The maximum Gasteiger partial charge on any atom is 0.347 e. The molecule has 0 spiro atoms. The van der Waals surface area contributed by atoms with Crippen molar-refractivity contribution < 1.29 is 19.7 Å². The maximum absolute atomic E-state index is 12.6. The first-order valence-corrected chi connectivity index (χ1v) is 10.5. The molecule has 32 heavy (non-hydrogen) atoms. The van der Waals surface area contributed by atoms with Gasteiger partial charge in [0, 0.05) is 10.9 Å². The first kappa shape index (κ1) is 22.9. The summed E-state index contributed by atoms with van der Waals surface area (Å²) in [7, 11) is 0. The lowest BCUT2D eigenvalue weighted by Gasteiger charge is -2.09. The Balaban J connectivity index is 1.88. The number of allylic oxidation sites excluding steroid dienone is 4. The summed E-state index contributed by atoms with van der Waals surface area (Å²) in [6, 6.07) is 9.65. The van der Waals surface area contributed by atoms with Crippen molar-refractivity contribution in [2.75, 3.05) is 0 Å². The molecule has 3 rings (SSSR count). The molecule has 1 aromatic heterocycles. The Kier molecular flexibility index (Phi) is 7.21. The van der Waals surface area contributed by atoms with Crippen LogP contribution >= 0.6 is 0 Å². The number of fused-ring (bicyclic) bond motifs is 1. The molecule has 2 aromatic carbocycles. The van der Waals surface area contributed by atoms with Gasteiger partial charge in [-0.15, -0.1) is 0 Å². The highest BCUT2D eigenvalue weighted by molar-refractivity contribution is 5.91. The minimum Gasteiger partial charge on any atom is -0.508 e. The molecule has 0 radical (unpaired) electrons. The fourth-order valence-electron chi connectivity index (χ4n) is 3.40. The lowest BCUT2D eigenvalue weighted by Crippen LogP contribution is -2.02. The summed E-state index contributed by atoms with van der Waals surface area (Å²) in [5.74, 6) is 0.134. The third-order valence-electron chi connectivity index (χ3n) is 5.20. The number of hydrogen-bond donors (Lipinski definition) is 3. The second-order valence-electron chi connectivity index (χ2n) is 8.12. The quantitative estimate of drug-likeness (QED) is 0.380. The van der Waals surface area contributed by atoms with Gasteiger partial charge in [0.1, 0.15) is 28.4 Å². The van der Waals surface area contributed by atoms with E-state index in [-0.39, 0.29) is 28.4 Å². The van der Waals surface area contributed by atoms with Crippen LogP contribution in [-0.2, 0) is 6.42 Å². The smallest absolute Gasteiger partial charge is 0.347 e. The van der Waals surface area contributed by atoms with Crippen molar-refractivity contribution in [3.8, 4) is 17.2 Å². The van der Waals surface area contributed by atoms with Crippen LogP contribution in [0, 0.1) is 0 Å². The third kappa shape index (κ3) is 5.70. The monoisotopic (exact) mass is 432 g/mol. The van der Waals surface area contributed by atoms with Crippen LogP contribution in [0.3, 0.4) is 0 Å². The summed E-state index contributed by atoms with van der Waals surface area (Å²) in [5, 5.41) is 31.0. The molecule has 1 heterocycles. The fourth-order valence-corrected chi connectivity index (χ4v) is 3.40. The molecular weight excluding hydrogens is 404 g/mol. The predicted octanol–water partition coefficient (Wildman–Crippen LogP) is 6.32. The van der Waals surface area contributed by atoms with E-state index in [1.807, 2.05) is 13.0 Å². The Morgan fingerprint density at radius 3 is 2.38 bits per heavy atom. The highest BCUT2D eigenvalue weighted by atomic mass is 16.4. The molecule has 166 valence electrons. The van der Waals surface area contributed by atoms with Crippen molar-refractivity contribution in [3.05, 3.63) is 87.0 Å². The van der Waals surface area contributed by atoms with Crippen molar-refractivity contribution in [1.82, 2.24) is 0 Å². The summed E-state index contributed by atoms with van der Waals surface area (Å²) < 4.78 is 5.36. The molecule has 0 fully saturated rings. The van der Waals surface area contributed by atoms with Gasteiger partial charge in [0.25, 0.3) is 0 Å².